The summed E-state index contributed by atoms with van der Waals surface area (Å²) in [4.78, 5) is 15.0. The third kappa shape index (κ3) is 5.02. The number of fused-ring (bicyclic) bond motifs is 4. The van der Waals surface area contributed by atoms with Crippen LogP contribution < -0.4 is 0 Å². The quantitative estimate of drug-likeness (QED) is 0.197. The number of furan rings is 1. The molecule has 0 aliphatic carbocycles. The maximum Gasteiger partial charge on any atom is 0.164 e. The van der Waals surface area contributed by atoms with Crippen molar-refractivity contribution < 1.29 is 4.42 Å². The minimum absolute atomic E-state index is 0.597. The SMILES string of the molecule is c1ccc(-c2cccc(-c3ccc(-c4nc(-c5ccc6ccccc6c5)nc(-c5ccc6c(c5)oc5ccccc56)n4)cc3)c2)cc1. The van der Waals surface area contributed by atoms with Crippen LogP contribution in [0.5, 0.6) is 0 Å². The van der Waals surface area contributed by atoms with Gasteiger partial charge in [0.2, 0.25) is 0 Å². The average molecular weight is 602 g/mol. The second kappa shape index (κ2) is 11.2. The number of aromatic nitrogens is 3. The topological polar surface area (TPSA) is 51.8 Å². The van der Waals surface area contributed by atoms with Gasteiger partial charge in [-0.05, 0) is 63.4 Å². The smallest absolute Gasteiger partial charge is 0.164 e. The predicted molar refractivity (Wildman–Crippen MR) is 192 cm³/mol. The lowest BCUT2D eigenvalue weighted by molar-refractivity contribution is 0.669. The first-order valence-electron chi connectivity index (χ1n) is 15.7. The lowest BCUT2D eigenvalue weighted by Crippen LogP contribution is -2.00. The molecule has 0 radical (unpaired) electrons. The van der Waals surface area contributed by atoms with E-state index in [1.54, 1.807) is 0 Å². The van der Waals surface area contributed by atoms with Crippen LogP contribution in [0, 0.1) is 0 Å². The Morgan fingerprint density at radius 2 is 0.830 bits per heavy atom. The van der Waals surface area contributed by atoms with Gasteiger partial charge in [-0.25, -0.2) is 15.0 Å². The molecule has 2 heterocycles. The monoisotopic (exact) mass is 601 g/mol. The molecule has 47 heavy (non-hydrogen) atoms. The van der Waals surface area contributed by atoms with Crippen LogP contribution in [0.4, 0.5) is 0 Å². The van der Waals surface area contributed by atoms with Gasteiger partial charge in [0, 0.05) is 27.5 Å². The molecule has 0 atom stereocenters. The highest BCUT2D eigenvalue weighted by Crippen LogP contribution is 2.34. The summed E-state index contributed by atoms with van der Waals surface area (Å²) in [7, 11) is 0. The summed E-state index contributed by atoms with van der Waals surface area (Å²) in [6.45, 7) is 0. The molecular formula is C43H27N3O. The van der Waals surface area contributed by atoms with Crippen molar-refractivity contribution in [1.29, 1.82) is 0 Å². The molecule has 0 saturated heterocycles. The number of nitrogens with zero attached hydrogens (tertiary/aromatic N) is 3. The highest BCUT2D eigenvalue weighted by molar-refractivity contribution is 6.05. The Morgan fingerprint density at radius 1 is 0.298 bits per heavy atom. The Morgan fingerprint density at radius 3 is 1.62 bits per heavy atom. The molecule has 4 heteroatoms. The minimum atomic E-state index is 0.597. The zero-order valence-corrected chi connectivity index (χ0v) is 25.3. The van der Waals surface area contributed by atoms with E-state index < -0.39 is 0 Å². The number of hydrogen-bond acceptors (Lipinski definition) is 4. The first-order chi connectivity index (χ1) is 23.2. The van der Waals surface area contributed by atoms with Gasteiger partial charge in [0.1, 0.15) is 11.2 Å². The van der Waals surface area contributed by atoms with Crippen LogP contribution in [0.15, 0.2) is 168 Å². The lowest BCUT2D eigenvalue weighted by atomic mass is 9.98. The third-order valence-corrected chi connectivity index (χ3v) is 8.73. The molecule has 220 valence electrons. The maximum atomic E-state index is 6.21. The van der Waals surface area contributed by atoms with E-state index in [1.165, 1.54) is 16.5 Å². The van der Waals surface area contributed by atoms with Crippen molar-refractivity contribution in [3.05, 3.63) is 164 Å². The molecule has 7 aromatic carbocycles. The molecule has 9 rings (SSSR count). The predicted octanol–water partition coefficient (Wildman–Crippen LogP) is 11.3. The zero-order chi connectivity index (χ0) is 31.2. The fourth-order valence-corrected chi connectivity index (χ4v) is 6.28. The summed E-state index contributed by atoms with van der Waals surface area (Å²) in [5.74, 6) is 1.84. The van der Waals surface area contributed by atoms with E-state index >= 15 is 0 Å². The van der Waals surface area contributed by atoms with Crippen LogP contribution in [-0.4, -0.2) is 15.0 Å². The van der Waals surface area contributed by atoms with Crippen LogP contribution >= 0.6 is 0 Å². The lowest BCUT2D eigenvalue weighted by Gasteiger charge is -2.10. The van der Waals surface area contributed by atoms with E-state index in [4.69, 9.17) is 19.4 Å². The minimum Gasteiger partial charge on any atom is -0.456 e. The molecule has 0 amide bonds. The summed E-state index contributed by atoms with van der Waals surface area (Å²) in [5.41, 5.74) is 9.08. The Bertz CT molecular complexity index is 2570. The van der Waals surface area contributed by atoms with Crippen LogP contribution in [0.2, 0.25) is 0 Å². The van der Waals surface area contributed by atoms with Crippen LogP contribution in [0.3, 0.4) is 0 Å². The van der Waals surface area contributed by atoms with E-state index in [0.29, 0.717) is 17.5 Å². The van der Waals surface area contributed by atoms with Gasteiger partial charge in [-0.15, -0.1) is 0 Å². The van der Waals surface area contributed by atoms with Crippen molar-refractivity contribution in [1.82, 2.24) is 15.0 Å². The number of para-hydroxylation sites is 1. The molecule has 4 nitrogen and oxygen atoms in total. The number of benzene rings is 7. The third-order valence-electron chi connectivity index (χ3n) is 8.73. The maximum absolute atomic E-state index is 6.21. The molecule has 0 spiro atoms. The first kappa shape index (κ1) is 27.0. The van der Waals surface area contributed by atoms with E-state index in [9.17, 15) is 0 Å². The summed E-state index contributed by atoms with van der Waals surface area (Å²) in [6.07, 6.45) is 0. The van der Waals surface area contributed by atoms with E-state index in [2.05, 4.69) is 133 Å². The van der Waals surface area contributed by atoms with Gasteiger partial charge in [-0.1, -0.05) is 133 Å². The molecule has 0 unspecified atom stereocenters. The van der Waals surface area contributed by atoms with Crippen LogP contribution in [0.25, 0.3) is 89.1 Å². The van der Waals surface area contributed by atoms with Gasteiger partial charge in [0.15, 0.2) is 17.5 Å². The van der Waals surface area contributed by atoms with Gasteiger partial charge in [-0.3, -0.25) is 0 Å². The van der Waals surface area contributed by atoms with Crippen molar-refractivity contribution in [3.63, 3.8) is 0 Å². The second-order valence-corrected chi connectivity index (χ2v) is 11.7. The van der Waals surface area contributed by atoms with Gasteiger partial charge in [0.05, 0.1) is 0 Å². The standard InChI is InChI=1S/C43H27N3O/c1-2-9-28(10-3-1)33-13-8-14-34(25-33)30-17-20-31(21-18-30)41-44-42(35-22-19-29-11-4-5-12-32(29)26-35)46-43(45-41)36-23-24-38-37-15-6-7-16-39(37)47-40(38)27-36/h1-27H. The molecule has 0 aliphatic rings. The number of rotatable bonds is 5. The normalized spacial score (nSPS) is 11.4. The fraction of sp³-hybridized carbons (Fsp3) is 0. The molecule has 0 N–H and O–H groups in total. The summed E-state index contributed by atoms with van der Waals surface area (Å²) in [5, 5.41) is 4.48. The number of hydrogen-bond donors (Lipinski definition) is 0. The van der Waals surface area contributed by atoms with Crippen molar-refractivity contribution in [3.8, 4) is 56.4 Å². The zero-order valence-electron chi connectivity index (χ0n) is 25.3. The average Bonchev–Trinajstić information content (AvgIpc) is 3.53. The molecule has 0 fully saturated rings. The Hall–Kier alpha value is -6.39. The Kier molecular flexibility index (Phi) is 6.43. The van der Waals surface area contributed by atoms with Gasteiger partial charge in [0.25, 0.3) is 0 Å². The molecular weight excluding hydrogens is 574 g/mol. The van der Waals surface area contributed by atoms with Crippen molar-refractivity contribution in [2.24, 2.45) is 0 Å². The van der Waals surface area contributed by atoms with E-state index in [1.807, 2.05) is 30.3 Å². The Balaban J connectivity index is 1.15. The molecule has 0 aliphatic heterocycles. The van der Waals surface area contributed by atoms with Crippen LogP contribution in [0.1, 0.15) is 0 Å². The Labute approximate surface area is 271 Å². The van der Waals surface area contributed by atoms with Crippen molar-refractivity contribution in [2.75, 3.05) is 0 Å². The van der Waals surface area contributed by atoms with E-state index in [0.717, 1.165) is 55.1 Å². The van der Waals surface area contributed by atoms with Crippen molar-refractivity contribution >= 4 is 32.7 Å². The van der Waals surface area contributed by atoms with E-state index in [-0.39, 0.29) is 0 Å². The molecule has 0 bridgehead atoms. The highest BCUT2D eigenvalue weighted by Gasteiger charge is 2.15. The second-order valence-electron chi connectivity index (χ2n) is 11.7. The molecule has 9 aromatic rings. The van der Waals surface area contributed by atoms with Crippen molar-refractivity contribution in [2.45, 2.75) is 0 Å². The molecule has 0 saturated carbocycles. The fourth-order valence-electron chi connectivity index (χ4n) is 6.28. The largest absolute Gasteiger partial charge is 0.456 e. The summed E-state index contributed by atoms with van der Waals surface area (Å²) < 4.78 is 6.21. The molecule has 2 aromatic heterocycles. The summed E-state index contributed by atoms with van der Waals surface area (Å²) in [6, 6.07) is 56.5. The first-order valence-corrected chi connectivity index (χ1v) is 15.7. The van der Waals surface area contributed by atoms with Gasteiger partial charge in [-0.2, -0.15) is 0 Å². The van der Waals surface area contributed by atoms with Gasteiger partial charge < -0.3 is 4.42 Å². The summed E-state index contributed by atoms with van der Waals surface area (Å²) >= 11 is 0. The highest BCUT2D eigenvalue weighted by atomic mass is 16.3. The van der Waals surface area contributed by atoms with Crippen LogP contribution in [-0.2, 0) is 0 Å². The van der Waals surface area contributed by atoms with Gasteiger partial charge >= 0.3 is 0 Å².